The van der Waals surface area contributed by atoms with Gasteiger partial charge in [-0.2, -0.15) is 13.2 Å². The van der Waals surface area contributed by atoms with Crippen LogP contribution in [0.5, 0.6) is 0 Å². The summed E-state index contributed by atoms with van der Waals surface area (Å²) in [6, 6.07) is 0. The summed E-state index contributed by atoms with van der Waals surface area (Å²) in [5.74, 6) is 0.445. The lowest BCUT2D eigenvalue weighted by atomic mass is 10.1. The van der Waals surface area contributed by atoms with Crippen molar-refractivity contribution in [2.45, 2.75) is 25.4 Å². The second-order valence-electron chi connectivity index (χ2n) is 5.01. The standard InChI is InChI=1S/C11H19F3N2/c12-11(13,14)9-16-6-3-10(8-16)7-15-4-1-2-5-15/h10H,1-9H2. The van der Waals surface area contributed by atoms with Gasteiger partial charge in [-0.25, -0.2) is 0 Å². The van der Waals surface area contributed by atoms with Crippen molar-refractivity contribution in [3.63, 3.8) is 0 Å². The van der Waals surface area contributed by atoms with Crippen molar-refractivity contribution in [1.29, 1.82) is 0 Å². The molecule has 0 spiro atoms. The molecule has 0 amide bonds. The molecule has 0 saturated carbocycles. The summed E-state index contributed by atoms with van der Waals surface area (Å²) < 4.78 is 36.6. The van der Waals surface area contributed by atoms with Crippen molar-refractivity contribution in [3.05, 3.63) is 0 Å². The Bertz CT molecular complexity index is 224. The monoisotopic (exact) mass is 236 g/mol. The Hall–Kier alpha value is -0.290. The van der Waals surface area contributed by atoms with E-state index in [1.54, 1.807) is 4.90 Å². The molecule has 0 N–H and O–H groups in total. The zero-order chi connectivity index (χ0) is 11.6. The van der Waals surface area contributed by atoms with Crippen LogP contribution < -0.4 is 0 Å². The predicted octanol–water partition coefficient (Wildman–Crippen LogP) is 1.97. The molecule has 0 aromatic rings. The van der Waals surface area contributed by atoms with E-state index in [0.29, 0.717) is 19.0 Å². The Morgan fingerprint density at radius 1 is 1.00 bits per heavy atom. The Balaban J connectivity index is 1.70. The van der Waals surface area contributed by atoms with Crippen molar-refractivity contribution >= 4 is 0 Å². The molecule has 94 valence electrons. The number of likely N-dealkylation sites (tertiary alicyclic amines) is 2. The molecule has 0 aromatic heterocycles. The summed E-state index contributed by atoms with van der Waals surface area (Å²) in [4.78, 5) is 3.93. The van der Waals surface area contributed by atoms with Crippen LogP contribution in [0.2, 0.25) is 0 Å². The minimum Gasteiger partial charge on any atom is -0.303 e. The Morgan fingerprint density at radius 3 is 2.31 bits per heavy atom. The SMILES string of the molecule is FC(F)(F)CN1CCC(CN2CCCC2)C1. The predicted molar refractivity (Wildman–Crippen MR) is 56.3 cm³/mol. The van der Waals surface area contributed by atoms with Crippen molar-refractivity contribution in [3.8, 4) is 0 Å². The van der Waals surface area contributed by atoms with Gasteiger partial charge in [0.05, 0.1) is 6.54 Å². The van der Waals surface area contributed by atoms with Gasteiger partial charge in [0.2, 0.25) is 0 Å². The summed E-state index contributed by atoms with van der Waals surface area (Å²) in [5.41, 5.74) is 0. The van der Waals surface area contributed by atoms with E-state index in [-0.39, 0.29) is 0 Å². The lowest BCUT2D eigenvalue weighted by molar-refractivity contribution is -0.143. The third-order valence-corrected chi connectivity index (χ3v) is 3.49. The molecule has 2 fully saturated rings. The van der Waals surface area contributed by atoms with Gasteiger partial charge in [0, 0.05) is 13.1 Å². The number of nitrogens with zero attached hydrogens (tertiary/aromatic N) is 2. The fourth-order valence-corrected chi connectivity index (χ4v) is 2.79. The van der Waals surface area contributed by atoms with Crippen LogP contribution in [0.25, 0.3) is 0 Å². The average Bonchev–Trinajstić information content (AvgIpc) is 2.75. The lowest BCUT2D eigenvalue weighted by Crippen LogP contribution is -2.34. The fourth-order valence-electron chi connectivity index (χ4n) is 2.79. The molecular formula is C11H19F3N2. The third-order valence-electron chi connectivity index (χ3n) is 3.49. The Morgan fingerprint density at radius 2 is 1.69 bits per heavy atom. The topological polar surface area (TPSA) is 6.48 Å². The number of rotatable bonds is 3. The Kier molecular flexibility index (Phi) is 3.74. The third kappa shape index (κ3) is 3.63. The molecule has 2 aliphatic rings. The van der Waals surface area contributed by atoms with Crippen LogP contribution in [0.15, 0.2) is 0 Å². The molecule has 0 bridgehead atoms. The highest BCUT2D eigenvalue weighted by Crippen LogP contribution is 2.24. The summed E-state index contributed by atoms with van der Waals surface area (Å²) in [5, 5.41) is 0. The van der Waals surface area contributed by atoms with E-state index in [9.17, 15) is 13.2 Å². The quantitative estimate of drug-likeness (QED) is 0.739. The molecule has 2 saturated heterocycles. The van der Waals surface area contributed by atoms with Crippen LogP contribution in [0, 0.1) is 5.92 Å². The van der Waals surface area contributed by atoms with Gasteiger partial charge in [-0.15, -0.1) is 0 Å². The Labute approximate surface area is 94.4 Å². The van der Waals surface area contributed by atoms with Crippen LogP contribution in [0.3, 0.4) is 0 Å². The second-order valence-corrected chi connectivity index (χ2v) is 5.01. The van der Waals surface area contributed by atoms with Gasteiger partial charge in [0.1, 0.15) is 0 Å². The molecule has 2 nitrogen and oxygen atoms in total. The van der Waals surface area contributed by atoms with Crippen LogP contribution in [-0.4, -0.2) is 55.2 Å². The molecule has 2 heterocycles. The molecule has 2 rings (SSSR count). The number of halogens is 3. The zero-order valence-corrected chi connectivity index (χ0v) is 9.47. The highest BCUT2D eigenvalue weighted by molar-refractivity contribution is 4.80. The van der Waals surface area contributed by atoms with Crippen molar-refractivity contribution in [2.75, 3.05) is 39.3 Å². The average molecular weight is 236 g/mol. The number of alkyl halides is 3. The van der Waals surface area contributed by atoms with E-state index in [1.165, 1.54) is 12.8 Å². The van der Waals surface area contributed by atoms with E-state index >= 15 is 0 Å². The minimum atomic E-state index is -4.04. The van der Waals surface area contributed by atoms with Gasteiger partial charge in [-0.1, -0.05) is 0 Å². The molecule has 2 aliphatic heterocycles. The van der Waals surface area contributed by atoms with Gasteiger partial charge < -0.3 is 4.90 Å². The highest BCUT2D eigenvalue weighted by Gasteiger charge is 2.34. The van der Waals surface area contributed by atoms with E-state index in [4.69, 9.17) is 0 Å². The summed E-state index contributed by atoms with van der Waals surface area (Å²) in [7, 11) is 0. The first kappa shape index (κ1) is 12.2. The molecule has 5 heteroatoms. The van der Waals surface area contributed by atoms with Crippen molar-refractivity contribution in [2.24, 2.45) is 5.92 Å². The maximum atomic E-state index is 12.2. The van der Waals surface area contributed by atoms with E-state index < -0.39 is 12.7 Å². The lowest BCUT2D eigenvalue weighted by Gasteiger charge is -2.21. The summed E-state index contributed by atoms with van der Waals surface area (Å²) in [6.07, 6.45) is -0.618. The molecular weight excluding hydrogens is 217 g/mol. The normalized spacial score (nSPS) is 29.1. The van der Waals surface area contributed by atoms with Gasteiger partial charge in [0.15, 0.2) is 0 Å². The largest absolute Gasteiger partial charge is 0.401 e. The molecule has 1 atom stereocenters. The first-order valence-electron chi connectivity index (χ1n) is 6.04. The zero-order valence-electron chi connectivity index (χ0n) is 9.47. The van der Waals surface area contributed by atoms with Gasteiger partial charge in [-0.3, -0.25) is 4.90 Å². The second kappa shape index (κ2) is 4.92. The summed E-state index contributed by atoms with van der Waals surface area (Å²) >= 11 is 0. The highest BCUT2D eigenvalue weighted by atomic mass is 19.4. The van der Waals surface area contributed by atoms with E-state index in [2.05, 4.69) is 4.90 Å². The van der Waals surface area contributed by atoms with Crippen LogP contribution in [0.1, 0.15) is 19.3 Å². The van der Waals surface area contributed by atoms with E-state index in [0.717, 1.165) is 26.1 Å². The smallest absolute Gasteiger partial charge is 0.303 e. The number of hydrogen-bond donors (Lipinski definition) is 0. The van der Waals surface area contributed by atoms with Gasteiger partial charge >= 0.3 is 6.18 Å². The minimum absolute atomic E-state index is 0.445. The molecule has 0 aliphatic carbocycles. The van der Waals surface area contributed by atoms with Crippen molar-refractivity contribution < 1.29 is 13.2 Å². The number of hydrogen-bond acceptors (Lipinski definition) is 2. The van der Waals surface area contributed by atoms with Crippen LogP contribution in [-0.2, 0) is 0 Å². The van der Waals surface area contributed by atoms with E-state index in [1.807, 2.05) is 0 Å². The van der Waals surface area contributed by atoms with Crippen LogP contribution in [0.4, 0.5) is 13.2 Å². The molecule has 0 radical (unpaired) electrons. The van der Waals surface area contributed by atoms with Crippen molar-refractivity contribution in [1.82, 2.24) is 9.80 Å². The first-order valence-corrected chi connectivity index (χ1v) is 6.04. The molecule has 0 aromatic carbocycles. The van der Waals surface area contributed by atoms with Gasteiger partial charge in [0.25, 0.3) is 0 Å². The summed E-state index contributed by atoms with van der Waals surface area (Å²) in [6.45, 7) is 3.76. The van der Waals surface area contributed by atoms with Gasteiger partial charge in [-0.05, 0) is 44.8 Å². The molecule has 1 unspecified atom stereocenters. The molecule has 16 heavy (non-hydrogen) atoms. The van der Waals surface area contributed by atoms with Crippen LogP contribution >= 0.6 is 0 Å². The maximum absolute atomic E-state index is 12.2. The maximum Gasteiger partial charge on any atom is 0.401 e. The fraction of sp³-hybridized carbons (Fsp3) is 1.00. The first-order chi connectivity index (χ1) is 7.53.